The summed E-state index contributed by atoms with van der Waals surface area (Å²) in [7, 11) is 0. The van der Waals surface area contributed by atoms with Crippen LogP contribution in [0.15, 0.2) is 42.5 Å². The molecular weight excluding hydrogens is 405 g/mol. The number of alkyl halides is 3. The monoisotopic (exact) mass is 430 g/mol. The van der Waals surface area contributed by atoms with Gasteiger partial charge in [0, 0.05) is 22.4 Å². The molecule has 1 fully saturated rings. The van der Waals surface area contributed by atoms with E-state index < -0.39 is 34.2 Å². The highest BCUT2D eigenvalue weighted by Gasteiger charge is 2.64. The van der Waals surface area contributed by atoms with Gasteiger partial charge in [-0.3, -0.25) is 4.79 Å². The Morgan fingerprint density at radius 2 is 1.65 bits per heavy atom. The number of carbonyl (C=O) groups is 1. The molecule has 31 heavy (non-hydrogen) atoms. The lowest BCUT2D eigenvalue weighted by atomic mass is 9.49. The minimum absolute atomic E-state index is 0.0424. The number of benzene rings is 2. The van der Waals surface area contributed by atoms with Crippen molar-refractivity contribution in [3.05, 3.63) is 64.7 Å². The predicted molar refractivity (Wildman–Crippen MR) is 111 cm³/mol. The summed E-state index contributed by atoms with van der Waals surface area (Å²) in [6, 6.07) is 11.9. The zero-order valence-electron chi connectivity index (χ0n) is 18.1. The van der Waals surface area contributed by atoms with Gasteiger partial charge in [-0.1, -0.05) is 45.4 Å². The Morgan fingerprint density at radius 1 is 1.06 bits per heavy atom. The Kier molecular flexibility index (Phi) is 5.56. The Bertz CT molecular complexity index is 1020. The standard InChI is InChI=1S/C24H25F3N2O2/c1-14-6-8-15(9-7-14)19(30)29-20-22(2,3)21(23(20,4)5)31-17-11-10-16(13-28)18(12-17)24(25,26)27/h6-12,20-21H,1-5H3,(H,29,30)/t20-,21-. The van der Waals surface area contributed by atoms with Crippen LogP contribution in [-0.4, -0.2) is 18.1 Å². The summed E-state index contributed by atoms with van der Waals surface area (Å²) in [5.41, 5.74) is -0.938. The normalized spacial score (nSPS) is 21.5. The summed E-state index contributed by atoms with van der Waals surface area (Å²) < 4.78 is 45.9. The molecule has 0 unspecified atom stereocenters. The second-order valence-electron chi connectivity index (χ2n) is 9.23. The van der Waals surface area contributed by atoms with E-state index in [1.54, 1.807) is 18.2 Å². The third-order valence-corrected chi connectivity index (χ3v) is 6.10. The zero-order chi connectivity index (χ0) is 23.2. The molecular formula is C24H25F3N2O2. The molecule has 2 aromatic carbocycles. The van der Waals surface area contributed by atoms with E-state index in [0.29, 0.717) is 5.56 Å². The van der Waals surface area contributed by atoms with Crippen molar-refractivity contribution in [3.8, 4) is 11.8 Å². The molecule has 0 spiro atoms. The van der Waals surface area contributed by atoms with Crippen LogP contribution in [0.2, 0.25) is 0 Å². The molecule has 0 aliphatic heterocycles. The molecule has 0 saturated heterocycles. The van der Waals surface area contributed by atoms with Gasteiger partial charge in [0.2, 0.25) is 0 Å². The van der Waals surface area contributed by atoms with Crippen LogP contribution in [0.25, 0.3) is 0 Å². The van der Waals surface area contributed by atoms with Crippen molar-refractivity contribution in [1.29, 1.82) is 5.26 Å². The molecule has 0 bridgehead atoms. The maximum Gasteiger partial charge on any atom is 0.417 e. The number of aryl methyl sites for hydroxylation is 1. The lowest BCUT2D eigenvalue weighted by Gasteiger charge is -2.63. The van der Waals surface area contributed by atoms with Crippen molar-refractivity contribution < 1.29 is 22.7 Å². The summed E-state index contributed by atoms with van der Waals surface area (Å²) in [5, 5.41) is 12.0. The number of nitrogens with zero attached hydrogens (tertiary/aromatic N) is 1. The highest BCUT2D eigenvalue weighted by Crippen LogP contribution is 2.55. The highest BCUT2D eigenvalue weighted by molar-refractivity contribution is 5.94. The van der Waals surface area contributed by atoms with Crippen LogP contribution < -0.4 is 10.1 Å². The Morgan fingerprint density at radius 3 is 2.16 bits per heavy atom. The number of hydrogen-bond donors (Lipinski definition) is 1. The molecule has 0 aromatic heterocycles. The molecule has 3 rings (SSSR count). The van der Waals surface area contributed by atoms with Gasteiger partial charge in [-0.05, 0) is 37.3 Å². The first-order valence-electron chi connectivity index (χ1n) is 9.94. The molecule has 0 heterocycles. The minimum Gasteiger partial charge on any atom is -0.489 e. The number of nitriles is 1. The van der Waals surface area contributed by atoms with Crippen LogP contribution in [-0.2, 0) is 6.18 Å². The van der Waals surface area contributed by atoms with Gasteiger partial charge in [0.25, 0.3) is 5.91 Å². The molecule has 1 N–H and O–H groups in total. The van der Waals surface area contributed by atoms with E-state index in [1.807, 2.05) is 46.8 Å². The van der Waals surface area contributed by atoms with Gasteiger partial charge in [0.1, 0.15) is 11.9 Å². The Hall–Kier alpha value is -3.01. The maximum absolute atomic E-state index is 13.3. The molecule has 4 nitrogen and oxygen atoms in total. The maximum atomic E-state index is 13.3. The van der Waals surface area contributed by atoms with Crippen LogP contribution in [0.5, 0.6) is 5.75 Å². The number of amides is 1. The largest absolute Gasteiger partial charge is 0.489 e. The predicted octanol–water partition coefficient (Wildman–Crippen LogP) is 5.50. The van der Waals surface area contributed by atoms with E-state index in [0.717, 1.165) is 17.7 Å². The number of ether oxygens (including phenoxy) is 1. The van der Waals surface area contributed by atoms with Gasteiger partial charge in [-0.2, -0.15) is 18.4 Å². The second kappa shape index (κ2) is 7.60. The first kappa shape index (κ1) is 22.7. The van der Waals surface area contributed by atoms with Crippen LogP contribution >= 0.6 is 0 Å². The summed E-state index contributed by atoms with van der Waals surface area (Å²) in [6.45, 7) is 9.60. The third-order valence-electron chi connectivity index (χ3n) is 6.10. The van der Waals surface area contributed by atoms with Crippen molar-refractivity contribution in [3.63, 3.8) is 0 Å². The summed E-state index contributed by atoms with van der Waals surface area (Å²) in [5.74, 6) is -0.164. The van der Waals surface area contributed by atoms with Crippen LogP contribution in [0.3, 0.4) is 0 Å². The first-order chi connectivity index (χ1) is 14.3. The molecule has 164 valence electrons. The van der Waals surface area contributed by atoms with E-state index in [2.05, 4.69) is 5.32 Å². The van der Waals surface area contributed by atoms with Gasteiger partial charge < -0.3 is 10.1 Å². The van der Waals surface area contributed by atoms with Gasteiger partial charge in [0.05, 0.1) is 17.2 Å². The van der Waals surface area contributed by atoms with Crippen molar-refractivity contribution in [2.75, 3.05) is 0 Å². The average molecular weight is 430 g/mol. The smallest absolute Gasteiger partial charge is 0.417 e. The molecule has 7 heteroatoms. The fraction of sp³-hybridized carbons (Fsp3) is 0.417. The fourth-order valence-electron chi connectivity index (χ4n) is 4.78. The van der Waals surface area contributed by atoms with E-state index >= 15 is 0 Å². The third kappa shape index (κ3) is 4.12. The SMILES string of the molecule is Cc1ccc(C(=O)N[C@H]2C(C)(C)[C@H](Oc3ccc(C#N)c(C(F)(F)F)c3)C2(C)C)cc1. The highest BCUT2D eigenvalue weighted by atomic mass is 19.4. The number of hydrogen-bond acceptors (Lipinski definition) is 3. The summed E-state index contributed by atoms with van der Waals surface area (Å²) in [6.07, 6.45) is -5.10. The Balaban J connectivity index is 1.81. The van der Waals surface area contributed by atoms with Crippen molar-refractivity contribution in [2.24, 2.45) is 10.8 Å². The quantitative estimate of drug-likeness (QED) is 0.697. The van der Waals surface area contributed by atoms with Gasteiger partial charge in [-0.15, -0.1) is 0 Å². The summed E-state index contributed by atoms with van der Waals surface area (Å²) in [4.78, 5) is 12.7. The van der Waals surface area contributed by atoms with Crippen LogP contribution in [0.1, 0.15) is 54.7 Å². The van der Waals surface area contributed by atoms with Gasteiger partial charge >= 0.3 is 6.18 Å². The van der Waals surface area contributed by atoms with Crippen LogP contribution in [0, 0.1) is 29.1 Å². The minimum atomic E-state index is -4.65. The first-order valence-corrected chi connectivity index (χ1v) is 9.94. The van der Waals surface area contributed by atoms with E-state index in [-0.39, 0.29) is 17.7 Å². The Labute approximate surface area is 180 Å². The molecule has 0 atom stereocenters. The lowest BCUT2D eigenvalue weighted by Crippen LogP contribution is -2.74. The summed E-state index contributed by atoms with van der Waals surface area (Å²) >= 11 is 0. The van der Waals surface area contributed by atoms with Gasteiger partial charge in [-0.25, -0.2) is 0 Å². The number of rotatable bonds is 4. The van der Waals surface area contributed by atoms with E-state index in [9.17, 15) is 18.0 Å². The van der Waals surface area contributed by atoms with Crippen molar-refractivity contribution >= 4 is 5.91 Å². The number of carbonyl (C=O) groups excluding carboxylic acids is 1. The van der Waals surface area contributed by atoms with E-state index in [1.165, 1.54) is 6.07 Å². The molecule has 1 aliphatic rings. The zero-order valence-corrected chi connectivity index (χ0v) is 18.1. The molecule has 0 radical (unpaired) electrons. The van der Waals surface area contributed by atoms with Crippen molar-refractivity contribution in [1.82, 2.24) is 5.32 Å². The molecule has 2 aromatic rings. The van der Waals surface area contributed by atoms with Crippen LogP contribution in [0.4, 0.5) is 13.2 Å². The van der Waals surface area contributed by atoms with Crippen molar-refractivity contribution in [2.45, 2.75) is 52.9 Å². The lowest BCUT2D eigenvalue weighted by molar-refractivity contribution is -0.164. The topological polar surface area (TPSA) is 62.1 Å². The van der Waals surface area contributed by atoms with Gasteiger partial charge in [0.15, 0.2) is 0 Å². The molecule has 1 aliphatic carbocycles. The average Bonchev–Trinajstić information content (AvgIpc) is 2.69. The molecule has 1 amide bonds. The van der Waals surface area contributed by atoms with E-state index in [4.69, 9.17) is 10.00 Å². The fourth-order valence-corrected chi connectivity index (χ4v) is 4.78. The second-order valence-corrected chi connectivity index (χ2v) is 9.23. The molecule has 1 saturated carbocycles. The number of nitrogens with one attached hydrogen (secondary N) is 1. The number of halogens is 3.